The van der Waals surface area contributed by atoms with Gasteiger partial charge < -0.3 is 10.2 Å². The van der Waals surface area contributed by atoms with Crippen LogP contribution in [0, 0.1) is 24.4 Å². The molecule has 2 amide bonds. The Labute approximate surface area is 205 Å². The number of rotatable bonds is 5. The lowest BCUT2D eigenvalue weighted by Crippen LogP contribution is -2.43. The van der Waals surface area contributed by atoms with Crippen molar-refractivity contribution in [2.24, 2.45) is 0 Å². The third-order valence-corrected chi connectivity index (χ3v) is 5.92. The number of carbonyl (C=O) groups excluding carboxylic acids is 1. The van der Waals surface area contributed by atoms with Gasteiger partial charge in [0.25, 0.3) is 0 Å². The zero-order valence-electron chi connectivity index (χ0n) is 19.5. The first kappa shape index (κ1) is 23.3. The molecule has 0 radical (unpaired) electrons. The zero-order valence-corrected chi connectivity index (χ0v) is 19.5. The van der Waals surface area contributed by atoms with Crippen LogP contribution < -0.4 is 15.1 Å². The number of hydrogen-bond acceptors (Lipinski definition) is 5. The number of nitrogens with zero attached hydrogens (tertiary/aromatic N) is 5. The second-order valence-corrected chi connectivity index (χ2v) is 8.15. The molecule has 3 heterocycles. The summed E-state index contributed by atoms with van der Waals surface area (Å²) in [7, 11) is 0. The molecule has 1 aliphatic rings. The van der Waals surface area contributed by atoms with Crippen molar-refractivity contribution in [2.45, 2.75) is 20.4 Å². The lowest BCUT2D eigenvalue weighted by atomic mass is 10.00. The van der Waals surface area contributed by atoms with Gasteiger partial charge in [0.1, 0.15) is 23.1 Å². The molecular formula is C26H21F3N6O. The first-order valence-corrected chi connectivity index (χ1v) is 11.3. The molecule has 36 heavy (non-hydrogen) atoms. The van der Waals surface area contributed by atoms with E-state index in [4.69, 9.17) is 4.98 Å². The van der Waals surface area contributed by atoms with Gasteiger partial charge in [0.15, 0.2) is 5.82 Å². The van der Waals surface area contributed by atoms with Gasteiger partial charge in [0.2, 0.25) is 5.95 Å². The number of urea groups is 1. The molecule has 2 aromatic carbocycles. The molecule has 0 fully saturated rings. The van der Waals surface area contributed by atoms with Crippen LogP contribution in [0.5, 0.6) is 0 Å². The quantitative estimate of drug-likeness (QED) is 0.384. The van der Waals surface area contributed by atoms with E-state index in [9.17, 15) is 18.0 Å². The van der Waals surface area contributed by atoms with Gasteiger partial charge in [-0.05, 0) is 61.9 Å². The fourth-order valence-electron chi connectivity index (χ4n) is 4.25. The van der Waals surface area contributed by atoms with E-state index in [1.807, 2.05) is 13.0 Å². The number of nitrogens with one attached hydrogen (secondary N) is 1. The molecule has 5 rings (SSSR count). The van der Waals surface area contributed by atoms with E-state index >= 15 is 0 Å². The topological polar surface area (TPSA) is 74.2 Å². The van der Waals surface area contributed by atoms with E-state index in [1.165, 1.54) is 18.2 Å². The average Bonchev–Trinajstić information content (AvgIpc) is 2.86. The third-order valence-electron chi connectivity index (χ3n) is 5.92. The number of hydrogen-bond donors (Lipinski definition) is 1. The summed E-state index contributed by atoms with van der Waals surface area (Å²) in [5.74, 6) is -2.02. The van der Waals surface area contributed by atoms with Crippen LogP contribution in [0.2, 0.25) is 0 Å². The molecule has 0 bridgehead atoms. The summed E-state index contributed by atoms with van der Waals surface area (Å²) >= 11 is 0. The highest BCUT2D eigenvalue weighted by atomic mass is 19.1. The Morgan fingerprint density at radius 1 is 1.06 bits per heavy atom. The van der Waals surface area contributed by atoms with Crippen molar-refractivity contribution in [3.8, 4) is 11.3 Å². The Bertz CT molecular complexity index is 1440. The molecule has 0 saturated heterocycles. The zero-order chi connectivity index (χ0) is 25.4. The highest BCUT2D eigenvalue weighted by Gasteiger charge is 2.34. The number of para-hydroxylation sites is 1. The Balaban J connectivity index is 1.81. The second kappa shape index (κ2) is 9.29. The Morgan fingerprint density at radius 2 is 1.83 bits per heavy atom. The molecule has 10 heteroatoms. The van der Waals surface area contributed by atoms with Crippen molar-refractivity contribution in [1.29, 1.82) is 0 Å². The molecule has 0 unspecified atom stereocenters. The molecule has 0 spiro atoms. The minimum absolute atomic E-state index is 0.0200. The number of aryl methyl sites for hydroxylation is 1. The molecule has 0 atom stereocenters. The minimum atomic E-state index is -0.919. The monoisotopic (exact) mass is 490 g/mol. The number of amides is 2. The summed E-state index contributed by atoms with van der Waals surface area (Å²) in [6, 6.07) is 10.5. The van der Waals surface area contributed by atoms with Crippen molar-refractivity contribution in [3.63, 3.8) is 0 Å². The van der Waals surface area contributed by atoms with Crippen LogP contribution in [0.25, 0.3) is 11.3 Å². The van der Waals surface area contributed by atoms with Crippen molar-refractivity contribution in [2.75, 3.05) is 16.3 Å². The van der Waals surface area contributed by atoms with Gasteiger partial charge in [-0.3, -0.25) is 4.98 Å². The molecule has 0 saturated carbocycles. The van der Waals surface area contributed by atoms with Crippen LogP contribution >= 0.6 is 0 Å². The summed E-state index contributed by atoms with van der Waals surface area (Å²) in [4.78, 5) is 29.2. The maximum atomic E-state index is 14.9. The van der Waals surface area contributed by atoms with Crippen molar-refractivity contribution in [3.05, 3.63) is 89.5 Å². The Morgan fingerprint density at radius 3 is 2.50 bits per heavy atom. The van der Waals surface area contributed by atoms with E-state index < -0.39 is 29.2 Å². The fraction of sp³-hybridized carbons (Fsp3) is 0.154. The van der Waals surface area contributed by atoms with Crippen LogP contribution in [0.3, 0.4) is 0 Å². The molecule has 2 aromatic heterocycles. The maximum absolute atomic E-state index is 14.9. The van der Waals surface area contributed by atoms with Gasteiger partial charge in [-0.2, -0.15) is 4.98 Å². The van der Waals surface area contributed by atoms with E-state index in [2.05, 4.69) is 15.3 Å². The van der Waals surface area contributed by atoms with E-state index in [0.717, 1.165) is 17.0 Å². The molecule has 182 valence electrons. The standard InChI is InChI=1S/C26H21F3N6O/c1-3-34(17-6-5-11-30-13-17)25-32-22(18-10-9-16(27)12-15(18)2)19-14-31-26(36)35(24(19)33-25)23-20(28)7-4-8-21(23)29/h4-13H,3,14H2,1-2H3,(H,31,36). The van der Waals surface area contributed by atoms with Gasteiger partial charge in [0.05, 0.1) is 24.1 Å². The van der Waals surface area contributed by atoms with E-state index in [1.54, 1.807) is 36.4 Å². The lowest BCUT2D eigenvalue weighted by molar-refractivity contribution is 0.246. The van der Waals surface area contributed by atoms with Crippen LogP contribution in [0.4, 0.5) is 41.1 Å². The normalized spacial score (nSPS) is 12.8. The molecular weight excluding hydrogens is 469 g/mol. The highest BCUT2D eigenvalue weighted by Crippen LogP contribution is 2.40. The number of halogens is 3. The fourth-order valence-corrected chi connectivity index (χ4v) is 4.25. The summed E-state index contributed by atoms with van der Waals surface area (Å²) in [6.45, 7) is 4.08. The molecule has 1 N–H and O–H groups in total. The van der Waals surface area contributed by atoms with Crippen LogP contribution in [0.1, 0.15) is 18.1 Å². The second-order valence-electron chi connectivity index (χ2n) is 8.15. The van der Waals surface area contributed by atoms with Gasteiger partial charge in [-0.25, -0.2) is 27.8 Å². The highest BCUT2D eigenvalue weighted by molar-refractivity contribution is 6.02. The van der Waals surface area contributed by atoms with E-state index in [0.29, 0.717) is 34.6 Å². The smallest absolute Gasteiger partial charge is 0.328 e. The van der Waals surface area contributed by atoms with Gasteiger partial charge >= 0.3 is 6.03 Å². The number of anilines is 4. The van der Waals surface area contributed by atoms with Gasteiger partial charge in [0, 0.05) is 23.9 Å². The predicted octanol–water partition coefficient (Wildman–Crippen LogP) is 5.78. The first-order chi connectivity index (χ1) is 17.4. The lowest BCUT2D eigenvalue weighted by Gasteiger charge is -2.32. The minimum Gasteiger partial charge on any atom is -0.333 e. The maximum Gasteiger partial charge on any atom is 0.328 e. The van der Waals surface area contributed by atoms with Gasteiger partial charge in [-0.1, -0.05) is 6.07 Å². The summed E-state index contributed by atoms with van der Waals surface area (Å²) < 4.78 is 43.6. The predicted molar refractivity (Wildman–Crippen MR) is 130 cm³/mol. The molecule has 4 aromatic rings. The largest absolute Gasteiger partial charge is 0.333 e. The van der Waals surface area contributed by atoms with E-state index in [-0.39, 0.29) is 18.3 Å². The SMILES string of the molecule is CCN(c1cccnc1)c1nc(-c2ccc(F)cc2C)c2c(n1)N(c1c(F)cccc1F)C(=O)NC2. The number of aromatic nitrogens is 3. The Hall–Kier alpha value is -4.47. The van der Waals surface area contributed by atoms with Crippen LogP contribution in [-0.4, -0.2) is 27.5 Å². The molecule has 1 aliphatic heterocycles. The molecule has 0 aliphatic carbocycles. The summed E-state index contributed by atoms with van der Waals surface area (Å²) in [5, 5.41) is 2.65. The first-order valence-electron chi connectivity index (χ1n) is 11.3. The number of carbonyl (C=O) groups is 1. The van der Waals surface area contributed by atoms with Crippen molar-refractivity contribution >= 4 is 29.2 Å². The number of fused-ring (bicyclic) bond motifs is 1. The number of benzene rings is 2. The number of pyridine rings is 1. The van der Waals surface area contributed by atoms with Crippen LogP contribution in [0.15, 0.2) is 60.9 Å². The third kappa shape index (κ3) is 4.00. The van der Waals surface area contributed by atoms with Crippen molar-refractivity contribution < 1.29 is 18.0 Å². The van der Waals surface area contributed by atoms with Crippen LogP contribution in [-0.2, 0) is 6.54 Å². The summed E-state index contributed by atoms with van der Waals surface area (Å²) in [6.07, 6.45) is 3.27. The molecule has 7 nitrogen and oxygen atoms in total. The average molecular weight is 490 g/mol. The van der Waals surface area contributed by atoms with Crippen molar-refractivity contribution in [1.82, 2.24) is 20.3 Å². The summed E-state index contributed by atoms with van der Waals surface area (Å²) in [5.41, 5.74) is 2.20. The van der Waals surface area contributed by atoms with Gasteiger partial charge in [-0.15, -0.1) is 0 Å². The Kier molecular flexibility index (Phi) is 6.01.